The number of hydroxylamine groups is 1. The lowest BCUT2D eigenvalue weighted by atomic mass is 9.85. The van der Waals surface area contributed by atoms with Crippen molar-refractivity contribution in [3.8, 4) is 0 Å². The molecule has 27 heavy (non-hydrogen) atoms. The van der Waals surface area contributed by atoms with Crippen LogP contribution >= 0.6 is 11.6 Å². The van der Waals surface area contributed by atoms with Gasteiger partial charge < -0.3 is 15.5 Å². The van der Waals surface area contributed by atoms with Crippen molar-refractivity contribution in [3.63, 3.8) is 0 Å². The highest BCUT2D eigenvalue weighted by Gasteiger charge is 2.38. The van der Waals surface area contributed by atoms with Crippen LogP contribution in [0.3, 0.4) is 0 Å². The molecule has 2 aromatic rings. The third-order valence-corrected chi connectivity index (χ3v) is 4.69. The standard InChI is InChI=1S/C18H17ClN2O.C2H6.CH3NO/c1-11-16-14-5-3-4-6-15(14)17(21(2)18(16)22-20-11)12-7-9-13(19)10-8-12;1-2;2-1-3/h3-11,17,20H,1-2H3;1-2H3;1H,(H2,2,3). The molecule has 0 aliphatic carbocycles. The molecule has 3 N–H and O–H groups in total. The maximum atomic E-state index is 8.58. The van der Waals surface area contributed by atoms with Crippen LogP contribution in [-0.2, 0) is 9.63 Å². The van der Waals surface area contributed by atoms with E-state index in [9.17, 15) is 0 Å². The Morgan fingerprint density at radius 3 is 2.37 bits per heavy atom. The van der Waals surface area contributed by atoms with Gasteiger partial charge in [-0.1, -0.05) is 61.8 Å². The molecule has 0 bridgehead atoms. The number of nitrogens with two attached hydrogens (primary N) is 1. The summed E-state index contributed by atoms with van der Waals surface area (Å²) in [4.78, 5) is 16.5. The normalized spacial score (nSPS) is 19.5. The number of hydrogen-bond acceptors (Lipinski definition) is 4. The monoisotopic (exact) mass is 387 g/mol. The molecule has 2 aromatic carbocycles. The first-order valence-corrected chi connectivity index (χ1v) is 9.35. The lowest BCUT2D eigenvalue weighted by molar-refractivity contribution is -0.106. The predicted octanol–water partition coefficient (Wildman–Crippen LogP) is 4.09. The summed E-state index contributed by atoms with van der Waals surface area (Å²) >= 11 is 6.04. The van der Waals surface area contributed by atoms with E-state index < -0.39 is 0 Å². The number of hydrogen-bond donors (Lipinski definition) is 2. The SMILES string of the molecule is CC.CC1NOC2=C1c1ccccc1C(c1ccc(Cl)cc1)N2C.NC=O. The maximum Gasteiger partial charge on any atom is 0.220 e. The van der Waals surface area contributed by atoms with Gasteiger partial charge in [-0.3, -0.25) is 4.79 Å². The number of benzene rings is 2. The van der Waals surface area contributed by atoms with Crippen LogP contribution in [0.25, 0.3) is 5.57 Å². The summed E-state index contributed by atoms with van der Waals surface area (Å²) in [6.07, 6.45) is 0.250. The minimum Gasteiger partial charge on any atom is -0.390 e. The fraction of sp³-hybridized carbons (Fsp3) is 0.286. The Balaban J connectivity index is 0.000000478. The fourth-order valence-corrected chi connectivity index (χ4v) is 3.53. The minimum absolute atomic E-state index is 0.124. The van der Waals surface area contributed by atoms with Crippen molar-refractivity contribution in [2.75, 3.05) is 7.05 Å². The number of fused-ring (bicyclic) bond motifs is 2. The minimum atomic E-state index is 0.124. The highest BCUT2D eigenvalue weighted by molar-refractivity contribution is 6.30. The van der Waals surface area contributed by atoms with Gasteiger partial charge in [-0.15, -0.1) is 5.48 Å². The third-order valence-electron chi connectivity index (χ3n) is 4.43. The number of nitrogens with zero attached hydrogens (tertiary/aromatic N) is 1. The van der Waals surface area contributed by atoms with Crippen molar-refractivity contribution in [3.05, 3.63) is 76.1 Å². The Morgan fingerprint density at radius 1 is 1.15 bits per heavy atom. The lowest BCUT2D eigenvalue weighted by Gasteiger charge is -2.36. The van der Waals surface area contributed by atoms with E-state index in [-0.39, 0.29) is 18.5 Å². The van der Waals surface area contributed by atoms with Crippen molar-refractivity contribution in [2.45, 2.75) is 32.9 Å². The second-order valence-corrected chi connectivity index (χ2v) is 6.39. The highest BCUT2D eigenvalue weighted by atomic mass is 35.5. The van der Waals surface area contributed by atoms with E-state index in [1.54, 1.807) is 0 Å². The van der Waals surface area contributed by atoms with Crippen molar-refractivity contribution in [1.82, 2.24) is 10.4 Å². The van der Waals surface area contributed by atoms with E-state index in [1.807, 2.05) is 26.0 Å². The molecule has 0 spiro atoms. The van der Waals surface area contributed by atoms with Gasteiger partial charge in [0.25, 0.3) is 0 Å². The molecule has 144 valence electrons. The number of primary amides is 1. The summed E-state index contributed by atoms with van der Waals surface area (Å²) in [5.41, 5.74) is 12.2. The predicted molar refractivity (Wildman–Crippen MR) is 110 cm³/mol. The van der Waals surface area contributed by atoms with E-state index in [0.29, 0.717) is 0 Å². The summed E-state index contributed by atoms with van der Waals surface area (Å²) in [6, 6.07) is 16.9. The first-order valence-electron chi connectivity index (χ1n) is 8.98. The van der Waals surface area contributed by atoms with Gasteiger partial charge in [0.15, 0.2) is 0 Å². The smallest absolute Gasteiger partial charge is 0.220 e. The van der Waals surface area contributed by atoms with E-state index in [4.69, 9.17) is 21.2 Å². The molecular weight excluding hydrogens is 362 g/mol. The van der Waals surface area contributed by atoms with E-state index in [1.165, 1.54) is 22.3 Å². The van der Waals surface area contributed by atoms with Crippen molar-refractivity contribution in [1.29, 1.82) is 0 Å². The molecule has 2 aliphatic rings. The molecule has 0 fully saturated rings. The van der Waals surface area contributed by atoms with Crippen LogP contribution in [0, 0.1) is 0 Å². The summed E-state index contributed by atoms with van der Waals surface area (Å²) < 4.78 is 0. The van der Waals surface area contributed by atoms with Gasteiger partial charge in [-0.2, -0.15) is 0 Å². The Morgan fingerprint density at radius 2 is 1.74 bits per heavy atom. The van der Waals surface area contributed by atoms with Crippen LogP contribution in [0.15, 0.2) is 54.4 Å². The molecule has 2 aliphatic heterocycles. The number of carbonyl (C=O) groups is 1. The van der Waals surface area contributed by atoms with E-state index in [2.05, 4.69) is 66.5 Å². The third kappa shape index (κ3) is 4.10. The molecular formula is C21H26ClN3O2. The van der Waals surface area contributed by atoms with Crippen LogP contribution in [0.2, 0.25) is 5.02 Å². The molecule has 1 amide bonds. The van der Waals surface area contributed by atoms with Gasteiger partial charge in [-0.25, -0.2) is 0 Å². The molecule has 0 radical (unpaired) electrons. The molecule has 0 saturated heterocycles. The Hall–Kier alpha value is -2.50. The number of halogens is 1. The average Bonchev–Trinajstić information content (AvgIpc) is 3.08. The Bertz CT molecular complexity index is 805. The zero-order valence-electron chi connectivity index (χ0n) is 16.1. The first-order chi connectivity index (χ1) is 13.1. The lowest BCUT2D eigenvalue weighted by Crippen LogP contribution is -2.30. The second kappa shape index (κ2) is 9.44. The van der Waals surface area contributed by atoms with Crippen molar-refractivity contribution in [2.24, 2.45) is 5.73 Å². The van der Waals surface area contributed by atoms with Crippen molar-refractivity contribution >= 4 is 23.6 Å². The van der Waals surface area contributed by atoms with E-state index >= 15 is 0 Å². The van der Waals surface area contributed by atoms with Gasteiger partial charge in [-0.05, 0) is 35.7 Å². The average molecular weight is 388 g/mol. The van der Waals surface area contributed by atoms with Crippen LogP contribution in [0.1, 0.15) is 43.5 Å². The largest absolute Gasteiger partial charge is 0.390 e. The first kappa shape index (κ1) is 20.8. The summed E-state index contributed by atoms with van der Waals surface area (Å²) in [5, 5.41) is 0.753. The van der Waals surface area contributed by atoms with Crippen LogP contribution in [0.5, 0.6) is 0 Å². The molecule has 2 heterocycles. The zero-order chi connectivity index (χ0) is 20.0. The highest BCUT2D eigenvalue weighted by Crippen LogP contribution is 2.44. The molecule has 0 aromatic heterocycles. The number of carbonyl (C=O) groups excluding carboxylic acids is 1. The van der Waals surface area contributed by atoms with Gasteiger partial charge in [0, 0.05) is 17.6 Å². The Labute approximate surface area is 165 Å². The summed E-state index contributed by atoms with van der Waals surface area (Å²) in [6.45, 7) is 6.12. The molecule has 2 unspecified atom stereocenters. The quantitative estimate of drug-likeness (QED) is 0.723. The summed E-state index contributed by atoms with van der Waals surface area (Å²) in [5.74, 6) is 0.908. The molecule has 2 atom stereocenters. The van der Waals surface area contributed by atoms with Crippen LogP contribution in [0.4, 0.5) is 0 Å². The number of rotatable bonds is 1. The number of amides is 1. The molecule has 6 heteroatoms. The number of nitrogens with one attached hydrogen (secondary N) is 1. The van der Waals surface area contributed by atoms with Gasteiger partial charge in [0.2, 0.25) is 12.3 Å². The van der Waals surface area contributed by atoms with Gasteiger partial charge >= 0.3 is 0 Å². The summed E-state index contributed by atoms with van der Waals surface area (Å²) in [7, 11) is 2.07. The fourth-order valence-electron chi connectivity index (χ4n) is 3.41. The van der Waals surface area contributed by atoms with Gasteiger partial charge in [0.1, 0.15) is 0 Å². The van der Waals surface area contributed by atoms with E-state index in [0.717, 1.165) is 10.9 Å². The maximum absolute atomic E-state index is 8.58. The topological polar surface area (TPSA) is 67.6 Å². The van der Waals surface area contributed by atoms with Gasteiger partial charge in [0.05, 0.1) is 12.1 Å². The molecule has 0 saturated carbocycles. The zero-order valence-corrected chi connectivity index (χ0v) is 16.8. The Kier molecular flexibility index (Phi) is 7.28. The van der Waals surface area contributed by atoms with Crippen LogP contribution in [-0.4, -0.2) is 24.4 Å². The molecule has 5 nitrogen and oxygen atoms in total. The van der Waals surface area contributed by atoms with Crippen molar-refractivity contribution < 1.29 is 9.63 Å². The second-order valence-electron chi connectivity index (χ2n) is 5.95. The van der Waals surface area contributed by atoms with Crippen LogP contribution < -0.4 is 11.2 Å². The molecule has 4 rings (SSSR count).